The lowest BCUT2D eigenvalue weighted by Crippen LogP contribution is -2.37. The minimum Gasteiger partial charge on any atom is -0.444 e. The van der Waals surface area contributed by atoms with E-state index >= 15 is 0 Å². The summed E-state index contributed by atoms with van der Waals surface area (Å²) < 4.78 is 5.39. The zero-order chi connectivity index (χ0) is 13.4. The average Bonchev–Trinajstić information content (AvgIpc) is 2.83. The molecule has 0 spiro atoms. The third kappa shape index (κ3) is 2.66. The quantitative estimate of drug-likeness (QED) is 0.833. The smallest absolute Gasteiger partial charge is 0.410 e. The molecule has 1 unspecified atom stereocenters. The predicted molar refractivity (Wildman–Crippen MR) is 68.4 cm³/mol. The Kier molecular flexibility index (Phi) is 3.09. The predicted octanol–water partition coefficient (Wildman–Crippen LogP) is 2.31. The molecule has 1 aliphatic rings. The first-order valence-corrected chi connectivity index (χ1v) is 6.28. The van der Waals surface area contributed by atoms with E-state index in [1.165, 1.54) is 0 Å². The molecule has 1 N–H and O–H groups in total. The lowest BCUT2D eigenvalue weighted by atomic mass is 9.89. The molecule has 0 radical (unpaired) electrons. The highest BCUT2D eigenvalue weighted by Gasteiger charge is 2.40. The number of carbonyl (C=O) groups is 1. The number of hydrogen-bond acceptors (Lipinski definition) is 3. The number of amides is 1. The van der Waals surface area contributed by atoms with E-state index in [0.29, 0.717) is 13.1 Å². The van der Waals surface area contributed by atoms with Crippen LogP contribution in [0.4, 0.5) is 4.79 Å². The summed E-state index contributed by atoms with van der Waals surface area (Å²) in [6.45, 7) is 9.13. The minimum atomic E-state index is -0.444. The molecule has 1 fully saturated rings. The van der Waals surface area contributed by atoms with Gasteiger partial charge in [0, 0.05) is 30.9 Å². The van der Waals surface area contributed by atoms with Gasteiger partial charge in [0.1, 0.15) is 11.4 Å². The number of nitrogens with one attached hydrogen (secondary N) is 1. The molecule has 2 heterocycles. The fourth-order valence-electron chi connectivity index (χ4n) is 2.23. The highest BCUT2D eigenvalue weighted by Crippen LogP contribution is 2.32. The molecule has 1 aromatic heterocycles. The Balaban J connectivity index is 2.02. The number of H-pyrrole nitrogens is 1. The molecule has 0 aliphatic carbocycles. The lowest BCUT2D eigenvalue weighted by molar-refractivity contribution is 0.0285. The van der Waals surface area contributed by atoms with Gasteiger partial charge in [-0.05, 0) is 27.2 Å². The van der Waals surface area contributed by atoms with Gasteiger partial charge in [0.2, 0.25) is 0 Å². The number of ether oxygens (including phenoxy) is 1. The van der Waals surface area contributed by atoms with Crippen molar-refractivity contribution in [3.8, 4) is 0 Å². The van der Waals surface area contributed by atoms with E-state index in [9.17, 15) is 4.79 Å². The number of aromatic amines is 1. The zero-order valence-corrected chi connectivity index (χ0v) is 11.5. The molecule has 0 saturated carbocycles. The molecular weight excluding hydrogens is 230 g/mol. The van der Waals surface area contributed by atoms with Crippen molar-refractivity contribution < 1.29 is 9.53 Å². The summed E-state index contributed by atoms with van der Waals surface area (Å²) >= 11 is 0. The molecule has 18 heavy (non-hydrogen) atoms. The maximum atomic E-state index is 12.0. The molecule has 2 rings (SSSR count). The topological polar surface area (TPSA) is 58.2 Å². The second-order valence-corrected chi connectivity index (χ2v) is 6.15. The van der Waals surface area contributed by atoms with Gasteiger partial charge in [-0.25, -0.2) is 9.78 Å². The van der Waals surface area contributed by atoms with Gasteiger partial charge in [-0.2, -0.15) is 0 Å². The molecule has 5 nitrogen and oxygen atoms in total. The molecule has 1 amide bonds. The van der Waals surface area contributed by atoms with Gasteiger partial charge >= 0.3 is 6.09 Å². The summed E-state index contributed by atoms with van der Waals surface area (Å²) in [4.78, 5) is 21.2. The van der Waals surface area contributed by atoms with Crippen LogP contribution in [0.2, 0.25) is 0 Å². The molecule has 1 aliphatic heterocycles. The van der Waals surface area contributed by atoms with Gasteiger partial charge in [-0.15, -0.1) is 0 Å². The van der Waals surface area contributed by atoms with E-state index in [0.717, 1.165) is 12.2 Å². The van der Waals surface area contributed by atoms with Crippen molar-refractivity contribution in [2.24, 2.45) is 0 Å². The molecule has 1 saturated heterocycles. The van der Waals surface area contributed by atoms with Crippen molar-refractivity contribution >= 4 is 6.09 Å². The van der Waals surface area contributed by atoms with Gasteiger partial charge < -0.3 is 14.6 Å². The Morgan fingerprint density at radius 3 is 2.83 bits per heavy atom. The SMILES string of the molecule is CC(C)(C)OC(=O)N1CCC(C)(c2ncc[nH]2)C1. The Bertz CT molecular complexity index is 422. The fourth-order valence-corrected chi connectivity index (χ4v) is 2.23. The van der Waals surface area contributed by atoms with Crippen molar-refractivity contribution in [2.75, 3.05) is 13.1 Å². The summed E-state index contributed by atoms with van der Waals surface area (Å²) in [5.74, 6) is 0.938. The second kappa shape index (κ2) is 4.30. The third-order valence-corrected chi connectivity index (χ3v) is 3.19. The van der Waals surface area contributed by atoms with Gasteiger partial charge in [0.15, 0.2) is 0 Å². The van der Waals surface area contributed by atoms with Crippen LogP contribution >= 0.6 is 0 Å². The number of likely N-dealkylation sites (tertiary alicyclic amines) is 1. The zero-order valence-electron chi connectivity index (χ0n) is 11.5. The first-order valence-electron chi connectivity index (χ1n) is 6.28. The Hall–Kier alpha value is -1.52. The maximum absolute atomic E-state index is 12.0. The van der Waals surface area contributed by atoms with Crippen molar-refractivity contribution in [2.45, 2.75) is 45.1 Å². The van der Waals surface area contributed by atoms with Crippen LogP contribution in [0, 0.1) is 0 Å². The number of aromatic nitrogens is 2. The molecule has 0 aromatic carbocycles. The molecular formula is C13H21N3O2. The number of imidazole rings is 1. The van der Waals surface area contributed by atoms with Crippen LogP contribution in [0.5, 0.6) is 0 Å². The minimum absolute atomic E-state index is 0.0968. The Morgan fingerprint density at radius 2 is 2.28 bits per heavy atom. The van der Waals surface area contributed by atoms with Crippen LogP contribution < -0.4 is 0 Å². The third-order valence-electron chi connectivity index (χ3n) is 3.19. The van der Waals surface area contributed by atoms with E-state index < -0.39 is 5.60 Å². The lowest BCUT2D eigenvalue weighted by Gasteiger charge is -2.26. The number of nitrogens with zero attached hydrogens (tertiary/aromatic N) is 2. The molecule has 1 aromatic rings. The largest absolute Gasteiger partial charge is 0.444 e. The highest BCUT2D eigenvalue weighted by atomic mass is 16.6. The summed E-state index contributed by atoms with van der Waals surface area (Å²) in [5, 5.41) is 0. The van der Waals surface area contributed by atoms with Gasteiger partial charge in [0.25, 0.3) is 0 Å². The number of rotatable bonds is 1. The molecule has 0 bridgehead atoms. The maximum Gasteiger partial charge on any atom is 0.410 e. The van der Waals surface area contributed by atoms with E-state index in [1.807, 2.05) is 27.0 Å². The summed E-state index contributed by atoms with van der Waals surface area (Å²) in [5.41, 5.74) is -0.541. The van der Waals surface area contributed by atoms with Gasteiger partial charge in [0.05, 0.1) is 0 Å². The van der Waals surface area contributed by atoms with Crippen LogP contribution in [0.3, 0.4) is 0 Å². The first-order chi connectivity index (χ1) is 8.30. The molecule has 1 atom stereocenters. The second-order valence-electron chi connectivity index (χ2n) is 6.15. The van der Waals surface area contributed by atoms with Gasteiger partial charge in [-0.1, -0.05) is 6.92 Å². The number of hydrogen-bond donors (Lipinski definition) is 1. The monoisotopic (exact) mass is 251 g/mol. The normalized spacial score (nSPS) is 24.3. The van der Waals surface area contributed by atoms with E-state index in [1.54, 1.807) is 11.1 Å². The van der Waals surface area contributed by atoms with Crippen LogP contribution in [-0.4, -0.2) is 39.7 Å². The molecule has 100 valence electrons. The van der Waals surface area contributed by atoms with Crippen LogP contribution in [0.25, 0.3) is 0 Å². The standard InChI is InChI=1S/C13H21N3O2/c1-12(2,3)18-11(17)16-8-5-13(4,9-16)10-14-6-7-15-10/h6-7H,5,8-9H2,1-4H3,(H,14,15). The highest BCUT2D eigenvalue weighted by molar-refractivity contribution is 5.68. The fraction of sp³-hybridized carbons (Fsp3) is 0.692. The van der Waals surface area contributed by atoms with Crippen LogP contribution in [-0.2, 0) is 10.2 Å². The van der Waals surface area contributed by atoms with Crippen molar-refractivity contribution in [1.82, 2.24) is 14.9 Å². The Morgan fingerprint density at radius 1 is 1.56 bits per heavy atom. The summed E-state index contributed by atoms with van der Waals surface area (Å²) in [7, 11) is 0. The van der Waals surface area contributed by atoms with E-state index in [-0.39, 0.29) is 11.5 Å². The van der Waals surface area contributed by atoms with Crippen molar-refractivity contribution in [3.63, 3.8) is 0 Å². The van der Waals surface area contributed by atoms with Crippen molar-refractivity contribution in [3.05, 3.63) is 18.2 Å². The van der Waals surface area contributed by atoms with Gasteiger partial charge in [-0.3, -0.25) is 0 Å². The average molecular weight is 251 g/mol. The first kappa shape index (κ1) is 12.9. The van der Waals surface area contributed by atoms with Crippen molar-refractivity contribution in [1.29, 1.82) is 0 Å². The summed E-state index contributed by atoms with van der Waals surface area (Å²) in [6, 6.07) is 0. The van der Waals surface area contributed by atoms with Crippen LogP contribution in [0.15, 0.2) is 12.4 Å². The van der Waals surface area contributed by atoms with Crippen LogP contribution in [0.1, 0.15) is 39.9 Å². The van der Waals surface area contributed by atoms with E-state index in [4.69, 9.17) is 4.74 Å². The molecule has 5 heteroatoms. The summed E-state index contributed by atoms with van der Waals surface area (Å²) in [6.07, 6.45) is 4.23. The number of carbonyl (C=O) groups excluding carboxylic acids is 1. The van der Waals surface area contributed by atoms with E-state index in [2.05, 4.69) is 16.9 Å². The Labute approximate surface area is 108 Å².